The second-order valence-corrected chi connectivity index (χ2v) is 5.38. The molecular formula is C19H20O2. The summed E-state index contributed by atoms with van der Waals surface area (Å²) < 4.78 is 0. The highest BCUT2D eigenvalue weighted by molar-refractivity contribution is 5.80. The van der Waals surface area contributed by atoms with E-state index < -0.39 is 11.9 Å². The molecule has 21 heavy (non-hydrogen) atoms. The van der Waals surface area contributed by atoms with Crippen LogP contribution < -0.4 is 0 Å². The van der Waals surface area contributed by atoms with Crippen LogP contribution >= 0.6 is 0 Å². The Kier molecular flexibility index (Phi) is 4.59. The number of aryl methyl sites for hydroxylation is 2. The summed E-state index contributed by atoms with van der Waals surface area (Å²) in [5.74, 6) is -1.31. The second kappa shape index (κ2) is 6.40. The zero-order chi connectivity index (χ0) is 15.4. The molecule has 0 aliphatic rings. The number of carboxylic acids is 1. The summed E-state index contributed by atoms with van der Waals surface area (Å²) in [5.41, 5.74) is 5.40. The molecule has 0 heterocycles. The van der Waals surface area contributed by atoms with Gasteiger partial charge in [-0.3, -0.25) is 4.79 Å². The summed E-state index contributed by atoms with van der Waals surface area (Å²) in [7, 11) is 0. The summed E-state index contributed by atoms with van der Waals surface area (Å²) >= 11 is 0. The molecular weight excluding hydrogens is 260 g/mol. The summed E-state index contributed by atoms with van der Waals surface area (Å²) in [4.78, 5) is 11.2. The van der Waals surface area contributed by atoms with E-state index in [9.17, 15) is 9.90 Å². The van der Waals surface area contributed by atoms with Gasteiger partial charge < -0.3 is 5.11 Å². The Morgan fingerprint density at radius 2 is 1.71 bits per heavy atom. The van der Waals surface area contributed by atoms with E-state index in [1.807, 2.05) is 36.4 Å². The number of hydrogen-bond acceptors (Lipinski definition) is 1. The minimum Gasteiger partial charge on any atom is -0.481 e. The van der Waals surface area contributed by atoms with Crippen LogP contribution in [0.2, 0.25) is 0 Å². The van der Waals surface area contributed by atoms with Crippen molar-refractivity contribution in [2.75, 3.05) is 0 Å². The van der Waals surface area contributed by atoms with Crippen LogP contribution in [-0.4, -0.2) is 11.1 Å². The summed E-state index contributed by atoms with van der Waals surface area (Å²) in [6.07, 6.45) is 4.04. The predicted molar refractivity (Wildman–Crippen MR) is 87.3 cm³/mol. The molecule has 0 amide bonds. The van der Waals surface area contributed by atoms with E-state index in [-0.39, 0.29) is 0 Å². The van der Waals surface area contributed by atoms with Gasteiger partial charge in [-0.15, -0.1) is 0 Å². The lowest BCUT2D eigenvalue weighted by molar-refractivity contribution is -0.138. The van der Waals surface area contributed by atoms with Gasteiger partial charge in [-0.25, -0.2) is 0 Å². The Labute approximate surface area is 125 Å². The molecule has 0 radical (unpaired) electrons. The molecule has 0 fully saturated rings. The predicted octanol–water partition coefficient (Wildman–Crippen LogP) is 4.66. The van der Waals surface area contributed by atoms with Crippen LogP contribution in [0.15, 0.2) is 42.5 Å². The van der Waals surface area contributed by atoms with Gasteiger partial charge >= 0.3 is 5.97 Å². The number of carbonyl (C=O) groups is 1. The van der Waals surface area contributed by atoms with Crippen molar-refractivity contribution in [3.8, 4) is 0 Å². The van der Waals surface area contributed by atoms with E-state index in [4.69, 9.17) is 0 Å². The van der Waals surface area contributed by atoms with Crippen LogP contribution in [0.3, 0.4) is 0 Å². The Bertz CT molecular complexity index is 684. The van der Waals surface area contributed by atoms with E-state index in [2.05, 4.69) is 32.0 Å². The van der Waals surface area contributed by atoms with Gasteiger partial charge in [0, 0.05) is 0 Å². The Morgan fingerprint density at radius 1 is 1.05 bits per heavy atom. The second-order valence-electron chi connectivity index (χ2n) is 5.38. The van der Waals surface area contributed by atoms with Crippen LogP contribution in [0.5, 0.6) is 0 Å². The molecule has 0 aliphatic heterocycles. The highest BCUT2D eigenvalue weighted by Crippen LogP contribution is 2.23. The van der Waals surface area contributed by atoms with E-state index in [1.54, 1.807) is 6.92 Å². The third-order valence-corrected chi connectivity index (χ3v) is 3.70. The lowest BCUT2D eigenvalue weighted by Crippen LogP contribution is -2.08. The van der Waals surface area contributed by atoms with Gasteiger partial charge in [-0.05, 0) is 43.0 Å². The normalized spacial score (nSPS) is 12.5. The first-order valence-electron chi connectivity index (χ1n) is 7.06. The average Bonchev–Trinajstić information content (AvgIpc) is 2.46. The minimum atomic E-state index is -0.803. The van der Waals surface area contributed by atoms with Crippen LogP contribution in [0.1, 0.15) is 40.7 Å². The van der Waals surface area contributed by atoms with Crippen molar-refractivity contribution in [3.05, 3.63) is 70.3 Å². The maximum Gasteiger partial charge on any atom is 0.310 e. The van der Waals surface area contributed by atoms with Crippen LogP contribution in [0.25, 0.3) is 12.2 Å². The van der Waals surface area contributed by atoms with Gasteiger partial charge in [0.05, 0.1) is 5.92 Å². The lowest BCUT2D eigenvalue weighted by atomic mass is 9.95. The van der Waals surface area contributed by atoms with E-state index in [0.717, 1.165) is 16.7 Å². The smallest absolute Gasteiger partial charge is 0.310 e. The number of hydrogen-bond donors (Lipinski definition) is 1. The molecule has 0 bridgehead atoms. The molecule has 2 rings (SSSR count). The highest BCUT2D eigenvalue weighted by atomic mass is 16.4. The highest BCUT2D eigenvalue weighted by Gasteiger charge is 2.15. The summed E-state index contributed by atoms with van der Waals surface area (Å²) in [6.45, 7) is 5.87. The zero-order valence-corrected chi connectivity index (χ0v) is 12.6. The Hall–Kier alpha value is -2.35. The molecule has 0 saturated carbocycles. The maximum absolute atomic E-state index is 11.2. The molecule has 2 aromatic carbocycles. The van der Waals surface area contributed by atoms with E-state index in [0.29, 0.717) is 0 Å². The standard InChI is InChI=1S/C19H20O2/c1-13-8-9-16(14(2)12-13)10-11-17-6-4-5-7-18(17)15(3)19(20)21/h4-12,15H,1-3H3,(H,20,21). The molecule has 1 N–H and O–H groups in total. The van der Waals surface area contributed by atoms with E-state index >= 15 is 0 Å². The lowest BCUT2D eigenvalue weighted by Gasteiger charge is -2.10. The molecule has 0 aromatic heterocycles. The topological polar surface area (TPSA) is 37.3 Å². The molecule has 1 unspecified atom stereocenters. The SMILES string of the molecule is Cc1ccc(C=Cc2ccccc2C(C)C(=O)O)c(C)c1. The van der Waals surface area contributed by atoms with Crippen LogP contribution in [0, 0.1) is 13.8 Å². The third kappa shape index (κ3) is 3.60. The fourth-order valence-corrected chi connectivity index (χ4v) is 2.38. The number of rotatable bonds is 4. The number of benzene rings is 2. The maximum atomic E-state index is 11.2. The van der Waals surface area contributed by atoms with Crippen molar-refractivity contribution in [1.29, 1.82) is 0 Å². The van der Waals surface area contributed by atoms with Gasteiger partial charge in [0.1, 0.15) is 0 Å². The molecule has 2 heteroatoms. The van der Waals surface area contributed by atoms with Gasteiger partial charge in [-0.2, -0.15) is 0 Å². The van der Waals surface area contributed by atoms with Gasteiger partial charge in [-0.1, -0.05) is 60.2 Å². The first kappa shape index (κ1) is 15.0. The van der Waals surface area contributed by atoms with Crippen LogP contribution in [-0.2, 0) is 4.79 Å². The van der Waals surface area contributed by atoms with Crippen molar-refractivity contribution in [3.63, 3.8) is 0 Å². The van der Waals surface area contributed by atoms with Gasteiger partial charge in [0.25, 0.3) is 0 Å². The van der Waals surface area contributed by atoms with Crippen molar-refractivity contribution in [2.24, 2.45) is 0 Å². The number of aliphatic carboxylic acids is 1. The average molecular weight is 280 g/mol. The van der Waals surface area contributed by atoms with Gasteiger partial charge in [0.15, 0.2) is 0 Å². The summed E-state index contributed by atoms with van der Waals surface area (Å²) in [5, 5.41) is 9.20. The van der Waals surface area contributed by atoms with Crippen molar-refractivity contribution in [1.82, 2.24) is 0 Å². The fourth-order valence-electron chi connectivity index (χ4n) is 2.38. The monoisotopic (exact) mass is 280 g/mol. The molecule has 108 valence electrons. The van der Waals surface area contributed by atoms with Crippen molar-refractivity contribution >= 4 is 18.1 Å². The van der Waals surface area contributed by atoms with Crippen molar-refractivity contribution in [2.45, 2.75) is 26.7 Å². The molecule has 0 spiro atoms. The first-order valence-corrected chi connectivity index (χ1v) is 7.06. The minimum absolute atomic E-state index is 0.509. The largest absolute Gasteiger partial charge is 0.481 e. The molecule has 2 aromatic rings. The zero-order valence-electron chi connectivity index (χ0n) is 12.6. The Balaban J connectivity index is 2.35. The Morgan fingerprint density at radius 3 is 2.38 bits per heavy atom. The molecule has 1 atom stereocenters. The molecule has 2 nitrogen and oxygen atoms in total. The quantitative estimate of drug-likeness (QED) is 0.827. The fraction of sp³-hybridized carbons (Fsp3) is 0.211. The summed E-state index contributed by atoms with van der Waals surface area (Å²) in [6, 6.07) is 14.0. The van der Waals surface area contributed by atoms with Crippen LogP contribution in [0.4, 0.5) is 0 Å². The molecule has 0 saturated heterocycles. The first-order chi connectivity index (χ1) is 9.99. The van der Waals surface area contributed by atoms with Gasteiger partial charge in [0.2, 0.25) is 0 Å². The van der Waals surface area contributed by atoms with E-state index in [1.165, 1.54) is 11.1 Å². The number of carboxylic acid groups (broad SMARTS) is 1. The third-order valence-electron chi connectivity index (χ3n) is 3.70. The molecule has 0 aliphatic carbocycles. The van der Waals surface area contributed by atoms with Crippen molar-refractivity contribution < 1.29 is 9.90 Å².